The fraction of sp³-hybridized carbons (Fsp3) is 0.562. The van der Waals surface area contributed by atoms with E-state index in [-0.39, 0.29) is 18.1 Å². The summed E-state index contributed by atoms with van der Waals surface area (Å²) in [5.41, 5.74) is 1.69. The number of halogens is 2. The first-order valence-electron chi connectivity index (χ1n) is 14.8. The Morgan fingerprint density at radius 2 is 1.52 bits per heavy atom. The predicted octanol–water partition coefficient (Wildman–Crippen LogP) is 5.21. The molecule has 4 atom stereocenters. The molecule has 6 nitrogen and oxygen atoms in total. The Kier molecular flexibility index (Phi) is 7.42. The predicted molar refractivity (Wildman–Crippen MR) is 150 cm³/mol. The lowest BCUT2D eigenvalue weighted by molar-refractivity contribution is -0.139. The van der Waals surface area contributed by atoms with Crippen LogP contribution in [0.2, 0.25) is 0 Å². The molecule has 0 radical (unpaired) electrons. The van der Waals surface area contributed by atoms with Gasteiger partial charge in [-0.15, -0.1) is 0 Å². The Hall–Kier alpha value is -2.84. The number of rotatable bonds is 8. The van der Waals surface area contributed by atoms with Gasteiger partial charge in [0.2, 0.25) is 0 Å². The summed E-state index contributed by atoms with van der Waals surface area (Å²) in [4.78, 5) is 34.5. The van der Waals surface area contributed by atoms with Crippen LogP contribution in [0.4, 0.5) is 13.6 Å². The minimum absolute atomic E-state index is 0.169. The first-order chi connectivity index (χ1) is 19.3. The Bertz CT molecular complexity index is 1200. The Morgan fingerprint density at radius 1 is 0.900 bits per heavy atom. The largest absolute Gasteiger partial charge is 0.328 e. The summed E-state index contributed by atoms with van der Waals surface area (Å²) in [7, 11) is 0. The third-order valence-corrected chi connectivity index (χ3v) is 9.73. The van der Waals surface area contributed by atoms with Crippen molar-refractivity contribution in [2.75, 3.05) is 26.2 Å². The highest BCUT2D eigenvalue weighted by Crippen LogP contribution is 2.49. The average molecular weight is 551 g/mol. The molecule has 214 valence electrons. The number of urea groups is 1. The Labute approximate surface area is 235 Å². The molecule has 8 heteroatoms. The van der Waals surface area contributed by atoms with Gasteiger partial charge in [-0.25, -0.2) is 13.6 Å². The maximum atomic E-state index is 13.7. The standard InChI is InChI=1S/C32H40F2N4O2/c1-22(2)38-31(40)37(21-29(33)34)30(39)32(38)15-26-13-14-27(16-32)36(26)19-25-18-35(17-23-9-5-3-6-10-23)20-28(25)24-11-7-4-8-12-24/h3-12,22,25-29H,13-21H2,1-2H3/t25?,26?,27?,28-,32?/m1/s1. The summed E-state index contributed by atoms with van der Waals surface area (Å²) < 4.78 is 26.7. The van der Waals surface area contributed by atoms with Gasteiger partial charge in [0.15, 0.2) is 0 Å². The zero-order chi connectivity index (χ0) is 28.0. The number of likely N-dealkylation sites (tertiary alicyclic amines) is 1. The first-order valence-corrected chi connectivity index (χ1v) is 14.8. The van der Waals surface area contributed by atoms with Crippen LogP contribution in [0.25, 0.3) is 0 Å². The molecule has 1 spiro atoms. The van der Waals surface area contributed by atoms with Crippen molar-refractivity contribution in [1.29, 1.82) is 0 Å². The maximum absolute atomic E-state index is 13.7. The number of nitrogens with zero attached hydrogens (tertiary/aromatic N) is 4. The number of carbonyl (C=O) groups excluding carboxylic acids is 2. The van der Waals surface area contributed by atoms with E-state index in [1.807, 2.05) is 13.8 Å². The molecule has 0 N–H and O–H groups in total. The third kappa shape index (κ3) is 4.83. The van der Waals surface area contributed by atoms with Crippen LogP contribution in [0.5, 0.6) is 0 Å². The zero-order valence-corrected chi connectivity index (χ0v) is 23.5. The van der Waals surface area contributed by atoms with E-state index in [1.165, 1.54) is 11.1 Å². The van der Waals surface area contributed by atoms with E-state index in [4.69, 9.17) is 0 Å². The van der Waals surface area contributed by atoms with Gasteiger partial charge in [-0.1, -0.05) is 60.7 Å². The van der Waals surface area contributed by atoms with Crippen LogP contribution in [-0.2, 0) is 11.3 Å². The van der Waals surface area contributed by atoms with Gasteiger partial charge in [0.1, 0.15) is 5.54 Å². The highest BCUT2D eigenvalue weighted by Gasteiger charge is 2.63. The summed E-state index contributed by atoms with van der Waals surface area (Å²) in [5, 5.41) is 0. The topological polar surface area (TPSA) is 47.1 Å². The molecule has 0 saturated carbocycles. The number of fused-ring (bicyclic) bond motifs is 2. The van der Waals surface area contributed by atoms with Gasteiger partial charge < -0.3 is 4.90 Å². The lowest BCUT2D eigenvalue weighted by atomic mass is 9.79. The molecule has 3 unspecified atom stereocenters. The molecule has 0 aliphatic carbocycles. The maximum Gasteiger partial charge on any atom is 0.328 e. The minimum atomic E-state index is -2.73. The molecule has 4 aliphatic heterocycles. The van der Waals surface area contributed by atoms with Crippen molar-refractivity contribution in [3.8, 4) is 0 Å². The van der Waals surface area contributed by atoms with Crippen LogP contribution in [0.3, 0.4) is 0 Å². The van der Waals surface area contributed by atoms with Gasteiger partial charge in [0.05, 0.1) is 6.54 Å². The van der Waals surface area contributed by atoms with Gasteiger partial charge in [0, 0.05) is 50.2 Å². The summed E-state index contributed by atoms with van der Waals surface area (Å²) in [6.45, 7) is 6.84. The van der Waals surface area contributed by atoms with Gasteiger partial charge in [0.25, 0.3) is 12.3 Å². The molecule has 40 heavy (non-hydrogen) atoms. The van der Waals surface area contributed by atoms with Gasteiger partial charge >= 0.3 is 6.03 Å². The van der Waals surface area contributed by atoms with Crippen LogP contribution in [-0.4, -0.2) is 87.8 Å². The van der Waals surface area contributed by atoms with E-state index in [0.29, 0.717) is 24.7 Å². The second-order valence-electron chi connectivity index (χ2n) is 12.5. The van der Waals surface area contributed by atoms with E-state index >= 15 is 0 Å². The van der Waals surface area contributed by atoms with Crippen molar-refractivity contribution in [3.63, 3.8) is 0 Å². The summed E-state index contributed by atoms with van der Waals surface area (Å²) >= 11 is 0. The number of piperidine rings is 1. The van der Waals surface area contributed by atoms with Crippen LogP contribution < -0.4 is 0 Å². The zero-order valence-electron chi connectivity index (χ0n) is 23.5. The highest BCUT2D eigenvalue weighted by atomic mass is 19.3. The normalized spacial score (nSPS) is 31.1. The summed E-state index contributed by atoms with van der Waals surface area (Å²) in [5.74, 6) is 0.449. The number of amides is 3. The Balaban J connectivity index is 1.22. The SMILES string of the molecule is CC(C)N1C(=O)N(CC(F)F)C(=O)C12CC1CCC(C2)N1CC1CN(Cc2ccccc2)C[C@@H]1c1ccccc1. The second kappa shape index (κ2) is 10.9. The molecule has 3 amide bonds. The van der Waals surface area contributed by atoms with Crippen molar-refractivity contribution in [2.24, 2.45) is 5.92 Å². The molecule has 4 saturated heterocycles. The summed E-state index contributed by atoms with van der Waals surface area (Å²) in [6.07, 6.45) is 0.284. The smallest absolute Gasteiger partial charge is 0.307 e. The molecule has 2 aromatic rings. The molecule has 6 rings (SSSR count). The lowest BCUT2D eigenvalue weighted by Crippen LogP contribution is -2.62. The lowest BCUT2D eigenvalue weighted by Gasteiger charge is -2.48. The second-order valence-corrected chi connectivity index (χ2v) is 12.5. The number of hydrogen-bond donors (Lipinski definition) is 0. The minimum Gasteiger partial charge on any atom is -0.307 e. The molecule has 0 aromatic heterocycles. The molecule has 4 aliphatic rings. The van der Waals surface area contributed by atoms with E-state index in [0.717, 1.165) is 43.9 Å². The van der Waals surface area contributed by atoms with Gasteiger partial charge in [-0.05, 0) is 56.6 Å². The monoisotopic (exact) mass is 550 g/mol. The van der Waals surface area contributed by atoms with Crippen molar-refractivity contribution in [3.05, 3.63) is 71.8 Å². The van der Waals surface area contributed by atoms with Crippen molar-refractivity contribution in [2.45, 2.75) is 82.1 Å². The third-order valence-electron chi connectivity index (χ3n) is 9.73. The van der Waals surface area contributed by atoms with Crippen LogP contribution in [0.1, 0.15) is 56.6 Å². The van der Waals surface area contributed by atoms with Crippen LogP contribution in [0.15, 0.2) is 60.7 Å². The van der Waals surface area contributed by atoms with E-state index in [1.54, 1.807) is 4.90 Å². The van der Waals surface area contributed by atoms with Crippen LogP contribution in [0, 0.1) is 5.92 Å². The fourth-order valence-electron chi connectivity index (χ4n) is 8.22. The molecule has 2 bridgehead atoms. The molecule has 2 aromatic carbocycles. The number of alkyl halides is 2. The van der Waals surface area contributed by atoms with Gasteiger partial charge in [-0.3, -0.25) is 19.5 Å². The molecule has 4 fully saturated rings. The number of imide groups is 1. The first kappa shape index (κ1) is 27.3. The quantitative estimate of drug-likeness (QED) is 0.424. The fourth-order valence-corrected chi connectivity index (χ4v) is 8.22. The van der Waals surface area contributed by atoms with E-state index in [9.17, 15) is 18.4 Å². The number of carbonyl (C=O) groups is 2. The van der Waals surface area contributed by atoms with Crippen molar-refractivity contribution >= 4 is 11.9 Å². The Morgan fingerprint density at radius 3 is 2.12 bits per heavy atom. The van der Waals surface area contributed by atoms with Gasteiger partial charge in [-0.2, -0.15) is 0 Å². The number of benzene rings is 2. The molecule has 4 heterocycles. The van der Waals surface area contributed by atoms with Crippen molar-refractivity contribution < 1.29 is 18.4 Å². The highest BCUT2D eigenvalue weighted by molar-refractivity contribution is 6.07. The molecular weight excluding hydrogens is 510 g/mol. The van der Waals surface area contributed by atoms with E-state index in [2.05, 4.69) is 70.5 Å². The average Bonchev–Trinajstić information content (AvgIpc) is 3.49. The van der Waals surface area contributed by atoms with Crippen LogP contribution >= 0.6 is 0 Å². The van der Waals surface area contributed by atoms with E-state index < -0.39 is 30.4 Å². The molecular formula is C32H40F2N4O2. The number of hydrogen-bond acceptors (Lipinski definition) is 4. The van der Waals surface area contributed by atoms with Crippen molar-refractivity contribution in [1.82, 2.24) is 19.6 Å². The summed E-state index contributed by atoms with van der Waals surface area (Å²) in [6, 6.07) is 21.0.